The molecule has 6 nitrogen and oxygen atoms in total. The maximum absolute atomic E-state index is 12.0. The molecule has 0 aliphatic carbocycles. The van der Waals surface area contributed by atoms with Gasteiger partial charge in [0.15, 0.2) is 0 Å². The molecule has 2 N–H and O–H groups in total. The first-order valence-electron chi connectivity index (χ1n) is 6.96. The molecule has 0 fully saturated rings. The molecular weight excluding hydrogens is 351 g/mol. The summed E-state index contributed by atoms with van der Waals surface area (Å²) < 4.78 is 5.15. The SMILES string of the molecule is O=C(NCc1ccco1)c1cnc(Nc2cc(Cl)cc(Cl)c2)nc1. The number of furan rings is 1. The summed E-state index contributed by atoms with van der Waals surface area (Å²) >= 11 is 11.9. The van der Waals surface area contributed by atoms with E-state index in [1.54, 1.807) is 36.6 Å². The molecule has 1 aromatic carbocycles. The molecule has 0 aliphatic rings. The number of carbonyl (C=O) groups excluding carboxylic acids is 1. The molecule has 3 aromatic rings. The highest BCUT2D eigenvalue weighted by molar-refractivity contribution is 6.35. The Bertz CT molecular complexity index is 816. The van der Waals surface area contributed by atoms with E-state index in [9.17, 15) is 4.79 Å². The van der Waals surface area contributed by atoms with Gasteiger partial charge in [0.05, 0.1) is 18.4 Å². The van der Waals surface area contributed by atoms with Gasteiger partial charge < -0.3 is 15.1 Å². The topological polar surface area (TPSA) is 80.0 Å². The van der Waals surface area contributed by atoms with Crippen LogP contribution in [-0.4, -0.2) is 15.9 Å². The highest BCUT2D eigenvalue weighted by Gasteiger charge is 2.08. The molecule has 0 radical (unpaired) electrons. The van der Waals surface area contributed by atoms with Gasteiger partial charge in [-0.2, -0.15) is 0 Å². The van der Waals surface area contributed by atoms with Crippen LogP contribution in [0.15, 0.2) is 53.4 Å². The Labute approximate surface area is 147 Å². The smallest absolute Gasteiger partial charge is 0.254 e. The number of anilines is 2. The summed E-state index contributed by atoms with van der Waals surface area (Å²) in [5.41, 5.74) is 0.999. The molecule has 0 saturated carbocycles. The molecule has 0 unspecified atom stereocenters. The number of halogens is 2. The van der Waals surface area contributed by atoms with E-state index >= 15 is 0 Å². The first-order chi connectivity index (χ1) is 11.6. The van der Waals surface area contributed by atoms with Crippen molar-refractivity contribution in [2.75, 3.05) is 5.32 Å². The average molecular weight is 363 g/mol. The van der Waals surface area contributed by atoms with E-state index in [4.69, 9.17) is 27.6 Å². The van der Waals surface area contributed by atoms with E-state index in [1.165, 1.54) is 12.4 Å². The molecule has 122 valence electrons. The number of nitrogens with one attached hydrogen (secondary N) is 2. The zero-order chi connectivity index (χ0) is 16.9. The number of benzene rings is 1. The van der Waals surface area contributed by atoms with Crippen molar-refractivity contribution in [2.24, 2.45) is 0 Å². The van der Waals surface area contributed by atoms with Gasteiger partial charge in [-0.25, -0.2) is 9.97 Å². The predicted octanol–water partition coefficient (Wildman–Crippen LogP) is 4.05. The summed E-state index contributed by atoms with van der Waals surface area (Å²) in [7, 11) is 0. The fourth-order valence-corrected chi connectivity index (χ4v) is 2.47. The van der Waals surface area contributed by atoms with Gasteiger partial charge in [-0.05, 0) is 30.3 Å². The maximum Gasteiger partial charge on any atom is 0.254 e. The van der Waals surface area contributed by atoms with Crippen LogP contribution in [0.3, 0.4) is 0 Å². The van der Waals surface area contributed by atoms with Gasteiger partial charge in [-0.1, -0.05) is 23.2 Å². The normalized spacial score (nSPS) is 10.4. The lowest BCUT2D eigenvalue weighted by molar-refractivity contribution is 0.0947. The van der Waals surface area contributed by atoms with Crippen molar-refractivity contribution in [1.82, 2.24) is 15.3 Å². The third-order valence-corrected chi connectivity index (χ3v) is 3.47. The number of nitrogens with zero attached hydrogens (tertiary/aromatic N) is 2. The van der Waals surface area contributed by atoms with Crippen LogP contribution in [-0.2, 0) is 6.54 Å². The standard InChI is InChI=1S/C16H12Cl2N4O2/c17-11-4-12(18)6-13(5-11)22-16-20-7-10(8-21-16)15(23)19-9-14-2-1-3-24-14/h1-8H,9H2,(H,19,23)(H,20,21,22). The van der Waals surface area contributed by atoms with E-state index in [-0.39, 0.29) is 5.91 Å². The molecule has 0 spiro atoms. The molecule has 0 aliphatic heterocycles. The number of aromatic nitrogens is 2. The van der Waals surface area contributed by atoms with Crippen LogP contribution in [0, 0.1) is 0 Å². The largest absolute Gasteiger partial charge is 0.467 e. The van der Waals surface area contributed by atoms with Crippen LogP contribution < -0.4 is 10.6 Å². The second-order valence-electron chi connectivity index (χ2n) is 4.84. The van der Waals surface area contributed by atoms with Crippen LogP contribution in [0.5, 0.6) is 0 Å². The van der Waals surface area contributed by atoms with E-state index in [1.807, 2.05) is 0 Å². The van der Waals surface area contributed by atoms with Crippen molar-refractivity contribution in [3.8, 4) is 0 Å². The van der Waals surface area contributed by atoms with Gasteiger partial charge in [0.2, 0.25) is 5.95 Å². The van der Waals surface area contributed by atoms with Gasteiger partial charge >= 0.3 is 0 Å². The molecule has 2 heterocycles. The minimum Gasteiger partial charge on any atom is -0.467 e. The second kappa shape index (κ2) is 7.33. The quantitative estimate of drug-likeness (QED) is 0.715. The van der Waals surface area contributed by atoms with Gasteiger partial charge in [0.25, 0.3) is 5.91 Å². The third kappa shape index (κ3) is 4.24. The second-order valence-corrected chi connectivity index (χ2v) is 5.71. The summed E-state index contributed by atoms with van der Waals surface area (Å²) in [4.78, 5) is 20.2. The molecule has 0 bridgehead atoms. The first-order valence-corrected chi connectivity index (χ1v) is 7.71. The molecular formula is C16H12Cl2N4O2. The number of hydrogen-bond acceptors (Lipinski definition) is 5. The fraction of sp³-hybridized carbons (Fsp3) is 0.0625. The van der Waals surface area contributed by atoms with Crippen molar-refractivity contribution >= 4 is 40.7 Å². The van der Waals surface area contributed by atoms with Crippen molar-refractivity contribution in [2.45, 2.75) is 6.54 Å². The molecule has 1 amide bonds. The predicted molar refractivity (Wildman–Crippen MR) is 91.7 cm³/mol. The average Bonchev–Trinajstić information content (AvgIpc) is 3.06. The minimum atomic E-state index is -0.288. The summed E-state index contributed by atoms with van der Waals surface area (Å²) in [5, 5.41) is 6.68. The van der Waals surface area contributed by atoms with Crippen molar-refractivity contribution in [1.29, 1.82) is 0 Å². The van der Waals surface area contributed by atoms with Gasteiger partial charge in [0, 0.05) is 28.1 Å². The van der Waals surface area contributed by atoms with Crippen LogP contribution in [0.4, 0.5) is 11.6 Å². The Morgan fingerprint density at radius 3 is 2.46 bits per heavy atom. The van der Waals surface area contributed by atoms with Crippen LogP contribution in [0.25, 0.3) is 0 Å². The molecule has 3 rings (SSSR count). The fourth-order valence-electron chi connectivity index (χ4n) is 1.95. The third-order valence-electron chi connectivity index (χ3n) is 3.04. The van der Waals surface area contributed by atoms with Crippen molar-refractivity contribution in [3.05, 3.63) is 70.4 Å². The Morgan fingerprint density at radius 1 is 1.12 bits per heavy atom. The Kier molecular flexibility index (Phi) is 4.98. The maximum atomic E-state index is 12.0. The Hall–Kier alpha value is -2.57. The van der Waals surface area contributed by atoms with E-state index in [0.717, 1.165) is 0 Å². The van der Waals surface area contributed by atoms with Crippen LogP contribution in [0.2, 0.25) is 10.0 Å². The first kappa shape index (κ1) is 16.3. The summed E-state index contributed by atoms with van der Waals surface area (Å²) in [6.07, 6.45) is 4.41. The van der Waals surface area contributed by atoms with E-state index in [2.05, 4.69) is 20.6 Å². The molecule has 24 heavy (non-hydrogen) atoms. The van der Waals surface area contributed by atoms with Crippen molar-refractivity contribution < 1.29 is 9.21 Å². The molecule has 2 aromatic heterocycles. The molecule has 0 saturated heterocycles. The highest BCUT2D eigenvalue weighted by Crippen LogP contribution is 2.24. The van der Waals surface area contributed by atoms with Crippen LogP contribution >= 0.6 is 23.2 Å². The lowest BCUT2D eigenvalue weighted by Gasteiger charge is -2.07. The van der Waals surface area contributed by atoms with E-state index < -0.39 is 0 Å². The highest BCUT2D eigenvalue weighted by atomic mass is 35.5. The lowest BCUT2D eigenvalue weighted by Crippen LogP contribution is -2.22. The van der Waals surface area contributed by atoms with Gasteiger partial charge in [0.1, 0.15) is 5.76 Å². The van der Waals surface area contributed by atoms with Crippen LogP contribution in [0.1, 0.15) is 16.1 Å². The Balaban J connectivity index is 1.63. The number of carbonyl (C=O) groups is 1. The summed E-state index contributed by atoms with van der Waals surface area (Å²) in [6.45, 7) is 0.298. The monoisotopic (exact) mass is 362 g/mol. The number of hydrogen-bond donors (Lipinski definition) is 2. The number of rotatable bonds is 5. The minimum absolute atomic E-state index is 0.288. The Morgan fingerprint density at radius 2 is 1.83 bits per heavy atom. The van der Waals surface area contributed by atoms with Crippen molar-refractivity contribution in [3.63, 3.8) is 0 Å². The lowest BCUT2D eigenvalue weighted by atomic mass is 10.3. The summed E-state index contributed by atoms with van der Waals surface area (Å²) in [6, 6.07) is 8.55. The van der Waals surface area contributed by atoms with Gasteiger partial charge in [-0.15, -0.1) is 0 Å². The number of amides is 1. The van der Waals surface area contributed by atoms with E-state index in [0.29, 0.717) is 39.5 Å². The zero-order valence-electron chi connectivity index (χ0n) is 12.3. The van der Waals surface area contributed by atoms with Gasteiger partial charge in [-0.3, -0.25) is 4.79 Å². The molecule has 8 heteroatoms. The summed E-state index contributed by atoms with van der Waals surface area (Å²) in [5.74, 6) is 0.708. The zero-order valence-corrected chi connectivity index (χ0v) is 13.8. The molecule has 0 atom stereocenters.